The lowest BCUT2D eigenvalue weighted by Crippen LogP contribution is -2.35. The maximum Gasteiger partial charge on any atom is 0.224 e. The van der Waals surface area contributed by atoms with Crippen LogP contribution in [0.5, 0.6) is 11.6 Å². The molecule has 0 saturated carbocycles. The molecule has 2 aromatic rings. The van der Waals surface area contributed by atoms with E-state index in [0.717, 1.165) is 18.7 Å². The number of nitrogens with zero attached hydrogens (tertiary/aromatic N) is 2. The summed E-state index contributed by atoms with van der Waals surface area (Å²) >= 11 is 0. The second-order valence-electron chi connectivity index (χ2n) is 6.54. The fourth-order valence-electron chi connectivity index (χ4n) is 3.08. The minimum atomic E-state index is -0.311. The predicted octanol–water partition coefficient (Wildman–Crippen LogP) is 2.39. The molecule has 0 aliphatic carbocycles. The Hall–Kier alpha value is -2.77. The van der Waals surface area contributed by atoms with E-state index in [2.05, 4.69) is 9.88 Å². The normalized spacial score (nSPS) is 14.5. The Kier molecular flexibility index (Phi) is 6.73. The van der Waals surface area contributed by atoms with E-state index < -0.39 is 0 Å². The Balaban J connectivity index is 1.73. The monoisotopic (exact) mass is 384 g/mol. The summed E-state index contributed by atoms with van der Waals surface area (Å²) in [6, 6.07) is 8.47. The molecular weight excluding hydrogens is 360 g/mol. The standard InChI is InChI=1S/C21H24N2O5/c1-26-17-5-3-16(4-6-17)19(24)12-20(25)18-11-15(13-22-21(18)27-2)14-23-7-9-28-10-8-23/h3-6,11,13H,7-10,12,14H2,1-2H3. The molecule has 1 aliphatic rings. The topological polar surface area (TPSA) is 78.0 Å². The van der Waals surface area contributed by atoms with Gasteiger partial charge in [0.15, 0.2) is 11.6 Å². The van der Waals surface area contributed by atoms with E-state index in [1.807, 2.05) is 0 Å². The lowest BCUT2D eigenvalue weighted by Gasteiger charge is -2.26. The van der Waals surface area contributed by atoms with Gasteiger partial charge in [-0.15, -0.1) is 0 Å². The third-order valence-electron chi connectivity index (χ3n) is 4.64. The SMILES string of the molecule is COc1ccc(C(=O)CC(=O)c2cc(CN3CCOCC3)cnc2OC)cc1. The van der Waals surface area contributed by atoms with E-state index in [1.165, 1.54) is 7.11 Å². The number of Topliss-reactive ketones (excluding diaryl/α,β-unsaturated/α-hetero) is 2. The number of benzene rings is 1. The van der Waals surface area contributed by atoms with Gasteiger partial charge in [0.05, 0.1) is 39.4 Å². The second-order valence-corrected chi connectivity index (χ2v) is 6.54. The van der Waals surface area contributed by atoms with Crippen LogP contribution in [-0.2, 0) is 11.3 Å². The molecule has 1 aromatic carbocycles. The molecule has 1 aliphatic heterocycles. The molecule has 0 amide bonds. The van der Waals surface area contributed by atoms with Gasteiger partial charge in [-0.3, -0.25) is 14.5 Å². The molecule has 1 saturated heterocycles. The smallest absolute Gasteiger partial charge is 0.224 e. The summed E-state index contributed by atoms with van der Waals surface area (Å²) in [6.45, 7) is 3.75. The van der Waals surface area contributed by atoms with E-state index in [-0.39, 0.29) is 23.9 Å². The highest BCUT2D eigenvalue weighted by Crippen LogP contribution is 2.21. The molecule has 3 rings (SSSR count). The fourth-order valence-corrected chi connectivity index (χ4v) is 3.08. The molecule has 0 spiro atoms. The molecule has 7 heteroatoms. The van der Waals surface area contributed by atoms with Crippen LogP contribution in [0, 0.1) is 0 Å². The van der Waals surface area contributed by atoms with Crippen molar-refractivity contribution in [3.05, 3.63) is 53.2 Å². The quantitative estimate of drug-likeness (QED) is 0.511. The number of hydrogen-bond acceptors (Lipinski definition) is 7. The lowest BCUT2D eigenvalue weighted by atomic mass is 10.0. The number of aromatic nitrogens is 1. The number of methoxy groups -OCH3 is 2. The van der Waals surface area contributed by atoms with Crippen LogP contribution in [0.4, 0.5) is 0 Å². The summed E-state index contributed by atoms with van der Waals surface area (Å²) in [5.74, 6) is 0.324. The van der Waals surface area contributed by atoms with Crippen LogP contribution in [0.3, 0.4) is 0 Å². The van der Waals surface area contributed by atoms with Gasteiger partial charge in [-0.1, -0.05) is 0 Å². The summed E-state index contributed by atoms with van der Waals surface area (Å²) in [4.78, 5) is 31.8. The molecule has 0 radical (unpaired) electrons. The highest BCUT2D eigenvalue weighted by molar-refractivity contribution is 6.14. The van der Waals surface area contributed by atoms with Crippen molar-refractivity contribution in [3.8, 4) is 11.6 Å². The number of rotatable bonds is 8. The first kappa shape index (κ1) is 20.0. The Morgan fingerprint density at radius 1 is 1.07 bits per heavy atom. The summed E-state index contributed by atoms with van der Waals surface area (Å²) < 4.78 is 15.7. The molecule has 7 nitrogen and oxygen atoms in total. The Bertz CT molecular complexity index is 829. The Morgan fingerprint density at radius 3 is 2.43 bits per heavy atom. The zero-order valence-corrected chi connectivity index (χ0v) is 16.1. The van der Waals surface area contributed by atoms with E-state index >= 15 is 0 Å². The zero-order valence-electron chi connectivity index (χ0n) is 16.1. The molecule has 0 atom stereocenters. The summed E-state index contributed by atoms with van der Waals surface area (Å²) in [6.07, 6.45) is 1.46. The first-order valence-electron chi connectivity index (χ1n) is 9.14. The number of pyridine rings is 1. The predicted molar refractivity (Wildman–Crippen MR) is 103 cm³/mol. The molecule has 148 valence electrons. The van der Waals surface area contributed by atoms with Crippen molar-refractivity contribution < 1.29 is 23.8 Å². The number of ether oxygens (including phenoxy) is 3. The van der Waals surface area contributed by atoms with Crippen molar-refractivity contribution in [1.29, 1.82) is 0 Å². The number of hydrogen-bond donors (Lipinski definition) is 0. The molecule has 0 unspecified atom stereocenters. The fraction of sp³-hybridized carbons (Fsp3) is 0.381. The first-order chi connectivity index (χ1) is 13.6. The van der Waals surface area contributed by atoms with E-state index in [9.17, 15) is 9.59 Å². The second kappa shape index (κ2) is 9.43. The average Bonchev–Trinajstić information content (AvgIpc) is 2.74. The minimum absolute atomic E-state index is 0.234. The lowest BCUT2D eigenvalue weighted by molar-refractivity contribution is 0.0341. The number of carbonyl (C=O) groups excluding carboxylic acids is 2. The van der Waals surface area contributed by atoms with Gasteiger partial charge in [0.25, 0.3) is 0 Å². The average molecular weight is 384 g/mol. The maximum absolute atomic E-state index is 12.8. The molecule has 0 bridgehead atoms. The summed E-state index contributed by atoms with van der Waals surface area (Å²) in [5.41, 5.74) is 1.70. The van der Waals surface area contributed by atoms with Gasteiger partial charge in [0.1, 0.15) is 5.75 Å². The van der Waals surface area contributed by atoms with Crippen molar-refractivity contribution in [2.45, 2.75) is 13.0 Å². The summed E-state index contributed by atoms with van der Waals surface area (Å²) in [5, 5.41) is 0. The van der Waals surface area contributed by atoms with Crippen LogP contribution in [0.15, 0.2) is 36.5 Å². The van der Waals surface area contributed by atoms with Crippen LogP contribution in [0.2, 0.25) is 0 Å². The van der Waals surface area contributed by atoms with Gasteiger partial charge in [-0.2, -0.15) is 0 Å². The van der Waals surface area contributed by atoms with Crippen LogP contribution < -0.4 is 9.47 Å². The maximum atomic E-state index is 12.8. The zero-order chi connectivity index (χ0) is 19.9. The first-order valence-corrected chi connectivity index (χ1v) is 9.14. The van der Waals surface area contributed by atoms with Crippen molar-refractivity contribution in [2.75, 3.05) is 40.5 Å². The minimum Gasteiger partial charge on any atom is -0.497 e. The Morgan fingerprint density at radius 2 is 1.79 bits per heavy atom. The van der Waals surface area contributed by atoms with Crippen molar-refractivity contribution >= 4 is 11.6 Å². The van der Waals surface area contributed by atoms with Crippen LogP contribution in [0.25, 0.3) is 0 Å². The van der Waals surface area contributed by atoms with Crippen molar-refractivity contribution in [1.82, 2.24) is 9.88 Å². The van der Waals surface area contributed by atoms with Crippen molar-refractivity contribution in [2.24, 2.45) is 0 Å². The van der Waals surface area contributed by atoms with Crippen molar-refractivity contribution in [3.63, 3.8) is 0 Å². The molecule has 28 heavy (non-hydrogen) atoms. The van der Waals surface area contributed by atoms with E-state index in [4.69, 9.17) is 14.2 Å². The largest absolute Gasteiger partial charge is 0.497 e. The van der Waals surface area contributed by atoms with E-state index in [0.29, 0.717) is 36.6 Å². The summed E-state index contributed by atoms with van der Waals surface area (Å²) in [7, 11) is 3.02. The van der Waals surface area contributed by atoms with E-state index in [1.54, 1.807) is 43.6 Å². The van der Waals surface area contributed by atoms with Gasteiger partial charge in [-0.25, -0.2) is 4.98 Å². The van der Waals surface area contributed by atoms with Crippen LogP contribution in [-0.4, -0.2) is 62.0 Å². The van der Waals surface area contributed by atoms with Crippen LogP contribution >= 0.6 is 0 Å². The van der Waals surface area contributed by atoms with Gasteiger partial charge < -0.3 is 14.2 Å². The molecule has 0 N–H and O–H groups in total. The van der Waals surface area contributed by atoms with Gasteiger partial charge >= 0.3 is 0 Å². The molecule has 2 heterocycles. The number of morpholine rings is 1. The molecule has 1 aromatic heterocycles. The van der Waals surface area contributed by atoms with Gasteiger partial charge in [-0.05, 0) is 35.9 Å². The highest BCUT2D eigenvalue weighted by Gasteiger charge is 2.20. The molecular formula is C21H24N2O5. The van der Waals surface area contributed by atoms with Gasteiger partial charge in [0.2, 0.25) is 5.88 Å². The number of carbonyl (C=O) groups is 2. The molecule has 1 fully saturated rings. The Labute approximate surface area is 164 Å². The third-order valence-corrected chi connectivity index (χ3v) is 4.64. The number of ketones is 2. The van der Waals surface area contributed by atoms with Gasteiger partial charge in [0, 0.05) is 31.4 Å². The highest BCUT2D eigenvalue weighted by atomic mass is 16.5. The third kappa shape index (κ3) is 4.94. The van der Waals surface area contributed by atoms with Crippen LogP contribution in [0.1, 0.15) is 32.7 Å².